The first kappa shape index (κ1) is 27.4. The molecule has 4 N–H and O–H groups in total. The highest BCUT2D eigenvalue weighted by Gasteiger charge is 2.47. The largest absolute Gasteiger partial charge is 0.462 e. The Bertz CT molecular complexity index is 1360. The van der Waals surface area contributed by atoms with Crippen molar-refractivity contribution < 1.29 is 33.0 Å². The number of nitrogen functional groups attached to an aromatic ring is 1. The molecule has 3 aromatic rings. The fraction of sp³-hybridized carbons (Fsp3) is 0.435. The molecule has 38 heavy (non-hydrogen) atoms. The molecular weight excluding hydrogens is 517 g/mol. The number of carbonyl (C=O) groups excluding carboxylic acids is 1. The van der Waals surface area contributed by atoms with Gasteiger partial charge < -0.3 is 24.8 Å². The summed E-state index contributed by atoms with van der Waals surface area (Å²) in [5, 5.41) is 23.2. The molecule has 0 unspecified atom stereocenters. The molecular formula is C23H28N7O7P. The molecule has 0 saturated carbocycles. The molecule has 0 spiro atoms. The summed E-state index contributed by atoms with van der Waals surface area (Å²) in [6, 6.07) is 9.21. The predicted octanol–water partition coefficient (Wildman–Crippen LogP) is 1.94. The van der Waals surface area contributed by atoms with Gasteiger partial charge in [0.2, 0.25) is 0 Å². The summed E-state index contributed by atoms with van der Waals surface area (Å²) in [6.45, 7) is 4.38. The first-order valence-corrected chi connectivity index (χ1v) is 13.3. The minimum atomic E-state index is -4.21. The molecule has 202 valence electrons. The van der Waals surface area contributed by atoms with E-state index >= 15 is 0 Å². The Kier molecular flexibility index (Phi) is 8.25. The second-order valence-electron chi connectivity index (χ2n) is 8.83. The van der Waals surface area contributed by atoms with E-state index in [4.69, 9.17) is 24.3 Å². The lowest BCUT2D eigenvalue weighted by Gasteiger charge is -2.25. The summed E-state index contributed by atoms with van der Waals surface area (Å²) in [6.07, 6.45) is -1.16. The highest BCUT2D eigenvalue weighted by molar-refractivity contribution is 7.52. The van der Waals surface area contributed by atoms with Crippen LogP contribution in [0.3, 0.4) is 0 Å². The lowest BCUT2D eigenvalue weighted by Crippen LogP contribution is -2.37. The molecule has 3 heterocycles. The average Bonchev–Trinajstić information content (AvgIpc) is 3.44. The van der Waals surface area contributed by atoms with Crippen LogP contribution in [-0.2, 0) is 23.4 Å². The lowest BCUT2D eigenvalue weighted by atomic mass is 10.0. The SMILES string of the molecule is CC(C)OC(=O)[C@H](C)N[P@@](=O)(OC[C@H]1O[C@@H](n2cnc3c(N)ncnc32)[C@H](C#N)[C@@H]1O)Oc1ccccc1. The zero-order valence-electron chi connectivity index (χ0n) is 20.9. The lowest BCUT2D eigenvalue weighted by molar-refractivity contribution is -0.149. The number of hydrogen-bond acceptors (Lipinski definition) is 12. The van der Waals surface area contributed by atoms with Crippen molar-refractivity contribution in [3.8, 4) is 11.8 Å². The minimum absolute atomic E-state index is 0.149. The molecule has 0 radical (unpaired) electrons. The van der Waals surface area contributed by atoms with Gasteiger partial charge in [-0.3, -0.25) is 13.9 Å². The van der Waals surface area contributed by atoms with Crippen molar-refractivity contribution in [3.05, 3.63) is 43.0 Å². The summed E-state index contributed by atoms with van der Waals surface area (Å²) >= 11 is 0. The Morgan fingerprint density at radius 2 is 2.03 bits per heavy atom. The number of carbonyl (C=O) groups is 1. The van der Waals surface area contributed by atoms with Crippen molar-refractivity contribution in [2.24, 2.45) is 5.92 Å². The zero-order valence-corrected chi connectivity index (χ0v) is 21.8. The number of aliphatic hydroxyl groups is 1. The van der Waals surface area contributed by atoms with Crippen LogP contribution in [0.5, 0.6) is 5.75 Å². The highest BCUT2D eigenvalue weighted by atomic mass is 31.2. The van der Waals surface area contributed by atoms with Gasteiger partial charge in [0, 0.05) is 0 Å². The monoisotopic (exact) mass is 545 g/mol. The number of nitrogens with two attached hydrogens (primary N) is 1. The van der Waals surface area contributed by atoms with Gasteiger partial charge in [0.1, 0.15) is 41.8 Å². The number of imidazole rings is 1. The third-order valence-electron chi connectivity index (χ3n) is 5.62. The van der Waals surface area contributed by atoms with E-state index < -0.39 is 50.7 Å². The number of nitrogens with zero attached hydrogens (tertiary/aromatic N) is 5. The van der Waals surface area contributed by atoms with E-state index in [0.717, 1.165) is 0 Å². The van der Waals surface area contributed by atoms with Crippen LogP contribution >= 0.6 is 7.75 Å². The molecule has 0 aliphatic carbocycles. The predicted molar refractivity (Wildman–Crippen MR) is 133 cm³/mol. The number of para-hydroxylation sites is 1. The van der Waals surface area contributed by atoms with E-state index in [2.05, 4.69) is 20.0 Å². The molecule has 0 amide bonds. The Hall–Kier alpha value is -3.60. The van der Waals surface area contributed by atoms with Gasteiger partial charge >= 0.3 is 13.7 Å². The van der Waals surface area contributed by atoms with E-state index in [9.17, 15) is 19.7 Å². The van der Waals surface area contributed by atoms with Crippen LogP contribution in [0, 0.1) is 17.2 Å². The van der Waals surface area contributed by atoms with Crippen molar-refractivity contribution in [3.63, 3.8) is 0 Å². The number of benzene rings is 1. The fourth-order valence-corrected chi connectivity index (χ4v) is 5.33. The molecule has 0 bridgehead atoms. The number of hydrogen-bond donors (Lipinski definition) is 3. The number of anilines is 1. The second kappa shape index (κ2) is 11.4. The number of aliphatic hydroxyl groups excluding tert-OH is 1. The van der Waals surface area contributed by atoms with Crippen molar-refractivity contribution in [1.29, 1.82) is 5.26 Å². The minimum Gasteiger partial charge on any atom is -0.462 e. The summed E-state index contributed by atoms with van der Waals surface area (Å²) < 4.78 is 37.5. The van der Waals surface area contributed by atoms with Crippen LogP contribution in [0.15, 0.2) is 43.0 Å². The van der Waals surface area contributed by atoms with Gasteiger partial charge in [-0.25, -0.2) is 19.5 Å². The number of ether oxygens (including phenoxy) is 2. The summed E-state index contributed by atoms with van der Waals surface area (Å²) in [4.78, 5) is 24.6. The Morgan fingerprint density at radius 3 is 2.71 bits per heavy atom. The number of nitrogens with one attached hydrogen (secondary N) is 1. The Labute approximate surface area is 218 Å². The van der Waals surface area contributed by atoms with Gasteiger partial charge in [-0.05, 0) is 32.9 Å². The van der Waals surface area contributed by atoms with Crippen LogP contribution in [-0.4, -0.2) is 61.6 Å². The van der Waals surface area contributed by atoms with Crippen LogP contribution < -0.4 is 15.3 Å². The van der Waals surface area contributed by atoms with Crippen molar-refractivity contribution in [2.45, 2.75) is 51.4 Å². The molecule has 4 rings (SSSR count). The molecule has 1 aliphatic heterocycles. The molecule has 2 aromatic heterocycles. The van der Waals surface area contributed by atoms with E-state index in [1.165, 1.54) is 24.1 Å². The summed E-state index contributed by atoms with van der Waals surface area (Å²) in [5.41, 5.74) is 6.48. The number of rotatable bonds is 10. The molecule has 1 aromatic carbocycles. The van der Waals surface area contributed by atoms with Crippen LogP contribution in [0.1, 0.15) is 27.0 Å². The Balaban J connectivity index is 1.53. The van der Waals surface area contributed by atoms with Crippen molar-refractivity contribution >= 4 is 30.7 Å². The van der Waals surface area contributed by atoms with Gasteiger partial charge in [-0.1, -0.05) is 18.2 Å². The molecule has 1 aliphatic rings. The first-order chi connectivity index (χ1) is 18.1. The third-order valence-corrected chi connectivity index (χ3v) is 7.26. The van der Waals surface area contributed by atoms with Gasteiger partial charge in [-0.15, -0.1) is 0 Å². The maximum atomic E-state index is 13.7. The van der Waals surface area contributed by atoms with Crippen LogP contribution in [0.2, 0.25) is 0 Å². The number of nitriles is 1. The topological polar surface area (TPSA) is 197 Å². The number of fused-ring (bicyclic) bond motifs is 1. The molecule has 1 saturated heterocycles. The third kappa shape index (κ3) is 5.93. The first-order valence-electron chi connectivity index (χ1n) is 11.8. The standard InChI is InChI=1S/C23H28N7O7P/c1-13(2)35-23(32)14(3)29-38(33,37-15-7-5-4-6-8-15)34-10-17-19(31)16(9-24)22(36-17)30-12-28-18-20(25)26-11-27-21(18)30/h4-8,11-14,16-17,19,22,31H,10H2,1-3H3,(H,29,33)(H2,25,26,27)/t14-,16+,17+,19-,22+,38+/m0/s1. The fourth-order valence-electron chi connectivity index (χ4n) is 3.82. The van der Waals surface area contributed by atoms with E-state index in [1.54, 1.807) is 44.2 Å². The second-order valence-corrected chi connectivity index (χ2v) is 10.5. The van der Waals surface area contributed by atoms with Gasteiger partial charge in [0.25, 0.3) is 0 Å². The number of esters is 1. The van der Waals surface area contributed by atoms with Crippen LogP contribution in [0.25, 0.3) is 11.2 Å². The van der Waals surface area contributed by atoms with Gasteiger partial charge in [-0.2, -0.15) is 10.3 Å². The molecule has 1 fully saturated rings. The van der Waals surface area contributed by atoms with Gasteiger partial charge in [0.15, 0.2) is 17.7 Å². The number of aromatic nitrogens is 4. The van der Waals surface area contributed by atoms with E-state index in [0.29, 0.717) is 11.2 Å². The quantitative estimate of drug-likeness (QED) is 0.247. The summed E-state index contributed by atoms with van der Waals surface area (Å²) in [5.74, 6) is -1.33. The zero-order chi connectivity index (χ0) is 27.4. The average molecular weight is 545 g/mol. The van der Waals surface area contributed by atoms with E-state index in [-0.39, 0.29) is 17.7 Å². The van der Waals surface area contributed by atoms with Crippen molar-refractivity contribution in [2.75, 3.05) is 12.3 Å². The smallest absolute Gasteiger partial charge is 0.459 e. The molecule has 6 atom stereocenters. The Morgan fingerprint density at radius 1 is 1.29 bits per heavy atom. The molecule has 15 heteroatoms. The van der Waals surface area contributed by atoms with Crippen molar-refractivity contribution in [1.82, 2.24) is 24.6 Å². The van der Waals surface area contributed by atoms with Gasteiger partial charge in [0.05, 0.1) is 25.1 Å². The van der Waals surface area contributed by atoms with E-state index in [1.807, 2.05) is 6.07 Å². The van der Waals surface area contributed by atoms with Crippen LogP contribution in [0.4, 0.5) is 5.82 Å². The maximum Gasteiger partial charge on any atom is 0.459 e. The molecule has 14 nitrogen and oxygen atoms in total. The summed E-state index contributed by atoms with van der Waals surface area (Å²) in [7, 11) is -4.21. The highest BCUT2D eigenvalue weighted by Crippen LogP contribution is 2.46. The normalized spacial score (nSPS) is 23.6. The maximum absolute atomic E-state index is 13.7.